The van der Waals surface area contributed by atoms with Gasteiger partial charge in [-0.3, -0.25) is 0 Å². The lowest BCUT2D eigenvalue weighted by Crippen LogP contribution is -2.47. The van der Waals surface area contributed by atoms with Gasteiger partial charge in [-0.25, -0.2) is 4.79 Å². The maximum atomic E-state index is 12.2. The van der Waals surface area contributed by atoms with Crippen molar-refractivity contribution in [2.24, 2.45) is 0 Å². The van der Waals surface area contributed by atoms with Crippen LogP contribution in [-0.2, 0) is 19.4 Å². The zero-order valence-electron chi connectivity index (χ0n) is 11.1. The molecule has 0 saturated carbocycles. The molecule has 1 aliphatic heterocycles. The van der Waals surface area contributed by atoms with Crippen LogP contribution in [0.25, 0.3) is 0 Å². The second-order valence-corrected chi connectivity index (χ2v) is 5.67. The number of rotatable bonds is 2. The minimum absolute atomic E-state index is 0.00852. The molecule has 0 atom stereocenters. The summed E-state index contributed by atoms with van der Waals surface area (Å²) in [6, 6.07) is 12.3. The van der Waals surface area contributed by atoms with E-state index in [1.165, 1.54) is 11.1 Å². The molecule has 1 aromatic carbocycles. The number of carbonyl (C=O) groups excluding carboxylic acids is 1. The van der Waals surface area contributed by atoms with Gasteiger partial charge < -0.3 is 14.6 Å². The molecule has 1 saturated heterocycles. The van der Waals surface area contributed by atoms with Gasteiger partial charge in [-0.1, -0.05) is 24.3 Å². The number of urea groups is 1. The molecule has 2 aliphatic rings. The van der Waals surface area contributed by atoms with E-state index in [9.17, 15) is 4.79 Å². The molecular formula is C16H16N2O2. The van der Waals surface area contributed by atoms with Gasteiger partial charge in [0, 0.05) is 6.54 Å². The topological polar surface area (TPSA) is 45.5 Å². The smallest absolute Gasteiger partial charge is 0.318 e. The van der Waals surface area contributed by atoms with Gasteiger partial charge in [0.05, 0.1) is 18.3 Å². The highest BCUT2D eigenvalue weighted by atomic mass is 16.3. The molecule has 4 heteroatoms. The third kappa shape index (κ3) is 1.64. The molecule has 1 fully saturated rings. The molecule has 1 N–H and O–H groups in total. The van der Waals surface area contributed by atoms with E-state index in [4.69, 9.17) is 4.42 Å². The van der Waals surface area contributed by atoms with Crippen LogP contribution in [0.2, 0.25) is 0 Å². The molecule has 2 amide bonds. The van der Waals surface area contributed by atoms with E-state index in [2.05, 4.69) is 29.6 Å². The van der Waals surface area contributed by atoms with E-state index < -0.39 is 0 Å². The fourth-order valence-corrected chi connectivity index (χ4v) is 3.43. The van der Waals surface area contributed by atoms with Crippen molar-refractivity contribution in [1.29, 1.82) is 0 Å². The summed E-state index contributed by atoms with van der Waals surface area (Å²) in [4.78, 5) is 14.1. The van der Waals surface area contributed by atoms with Crippen LogP contribution in [0.15, 0.2) is 47.1 Å². The molecule has 0 radical (unpaired) electrons. The molecule has 4 nitrogen and oxygen atoms in total. The number of hydrogen-bond donors (Lipinski definition) is 1. The van der Waals surface area contributed by atoms with Crippen molar-refractivity contribution in [3.63, 3.8) is 0 Å². The minimum atomic E-state index is -0.131. The van der Waals surface area contributed by atoms with Gasteiger partial charge in [0.25, 0.3) is 0 Å². The van der Waals surface area contributed by atoms with E-state index in [1.54, 1.807) is 6.26 Å². The number of nitrogens with zero attached hydrogens (tertiary/aromatic N) is 1. The number of carbonyl (C=O) groups is 1. The summed E-state index contributed by atoms with van der Waals surface area (Å²) >= 11 is 0. The van der Waals surface area contributed by atoms with Gasteiger partial charge in [-0.05, 0) is 36.1 Å². The molecule has 1 spiro atoms. The second kappa shape index (κ2) is 4.13. The fraction of sp³-hybridized carbons (Fsp3) is 0.312. The van der Waals surface area contributed by atoms with Crippen molar-refractivity contribution in [3.05, 3.63) is 59.5 Å². The monoisotopic (exact) mass is 268 g/mol. The predicted octanol–water partition coefficient (Wildman–Crippen LogP) is 2.34. The Labute approximate surface area is 117 Å². The fourth-order valence-electron chi connectivity index (χ4n) is 3.43. The standard InChI is InChI=1S/C16H16N2O2/c19-15-17-11-16(18(15)10-14-6-3-7-20-14)8-12-4-1-2-5-13(12)9-16/h1-7H,8-11H2,(H,17,19). The van der Waals surface area contributed by atoms with Crippen LogP contribution >= 0.6 is 0 Å². The molecule has 0 unspecified atom stereocenters. The molecular weight excluding hydrogens is 252 g/mol. The predicted molar refractivity (Wildman–Crippen MR) is 74.2 cm³/mol. The normalized spacial score (nSPS) is 19.4. The molecule has 102 valence electrons. The van der Waals surface area contributed by atoms with E-state index in [0.717, 1.165) is 18.6 Å². The van der Waals surface area contributed by atoms with E-state index in [-0.39, 0.29) is 11.6 Å². The van der Waals surface area contributed by atoms with Gasteiger partial charge in [0.2, 0.25) is 0 Å². The Bertz CT molecular complexity index is 623. The van der Waals surface area contributed by atoms with Crippen molar-refractivity contribution < 1.29 is 9.21 Å². The quantitative estimate of drug-likeness (QED) is 0.908. The average molecular weight is 268 g/mol. The van der Waals surface area contributed by atoms with E-state index >= 15 is 0 Å². The molecule has 20 heavy (non-hydrogen) atoms. The van der Waals surface area contributed by atoms with Crippen LogP contribution in [0.1, 0.15) is 16.9 Å². The van der Waals surface area contributed by atoms with Gasteiger partial charge in [0.1, 0.15) is 5.76 Å². The minimum Gasteiger partial charge on any atom is -0.467 e. The lowest BCUT2D eigenvalue weighted by Gasteiger charge is -2.32. The Morgan fingerprint density at radius 2 is 1.90 bits per heavy atom. The molecule has 0 bridgehead atoms. The lowest BCUT2D eigenvalue weighted by atomic mass is 9.95. The first-order valence-electron chi connectivity index (χ1n) is 6.91. The van der Waals surface area contributed by atoms with Crippen molar-refractivity contribution in [3.8, 4) is 0 Å². The number of fused-ring (bicyclic) bond motifs is 1. The van der Waals surface area contributed by atoms with Gasteiger partial charge in [-0.2, -0.15) is 0 Å². The summed E-state index contributed by atoms with van der Waals surface area (Å²) in [7, 11) is 0. The second-order valence-electron chi connectivity index (χ2n) is 5.67. The summed E-state index contributed by atoms with van der Waals surface area (Å²) in [5, 5.41) is 2.99. The highest BCUT2D eigenvalue weighted by molar-refractivity contribution is 5.78. The summed E-state index contributed by atoms with van der Waals surface area (Å²) in [6.07, 6.45) is 3.49. The van der Waals surface area contributed by atoms with Crippen molar-refractivity contribution in [2.45, 2.75) is 24.9 Å². The maximum absolute atomic E-state index is 12.2. The van der Waals surface area contributed by atoms with Crippen molar-refractivity contribution in [2.75, 3.05) is 6.54 Å². The Morgan fingerprint density at radius 1 is 1.15 bits per heavy atom. The van der Waals surface area contributed by atoms with Gasteiger partial charge in [-0.15, -0.1) is 0 Å². The van der Waals surface area contributed by atoms with E-state index in [0.29, 0.717) is 13.1 Å². The first-order chi connectivity index (χ1) is 9.77. The van der Waals surface area contributed by atoms with E-state index in [1.807, 2.05) is 17.0 Å². The van der Waals surface area contributed by atoms with Crippen LogP contribution in [-0.4, -0.2) is 23.0 Å². The van der Waals surface area contributed by atoms with Crippen LogP contribution in [0, 0.1) is 0 Å². The summed E-state index contributed by atoms with van der Waals surface area (Å²) in [5.74, 6) is 0.831. The zero-order chi connectivity index (χ0) is 13.6. The Morgan fingerprint density at radius 3 is 2.55 bits per heavy atom. The number of hydrogen-bond acceptors (Lipinski definition) is 2. The highest BCUT2D eigenvalue weighted by Crippen LogP contribution is 2.37. The third-order valence-electron chi connectivity index (χ3n) is 4.44. The highest BCUT2D eigenvalue weighted by Gasteiger charge is 2.49. The number of furan rings is 1. The number of benzene rings is 1. The number of amides is 2. The Hall–Kier alpha value is -2.23. The molecule has 4 rings (SSSR count). The van der Waals surface area contributed by atoms with Gasteiger partial charge in [0.15, 0.2) is 0 Å². The van der Waals surface area contributed by atoms with Crippen LogP contribution in [0.5, 0.6) is 0 Å². The summed E-state index contributed by atoms with van der Waals surface area (Å²) < 4.78 is 5.40. The largest absolute Gasteiger partial charge is 0.467 e. The number of nitrogens with one attached hydrogen (secondary N) is 1. The molecule has 2 heterocycles. The first-order valence-corrected chi connectivity index (χ1v) is 6.91. The van der Waals surface area contributed by atoms with Crippen LogP contribution in [0.3, 0.4) is 0 Å². The first kappa shape index (κ1) is 11.6. The average Bonchev–Trinajstić information content (AvgIpc) is 3.14. The Kier molecular flexibility index (Phi) is 2.39. The molecule has 1 aromatic heterocycles. The van der Waals surface area contributed by atoms with Crippen LogP contribution < -0.4 is 5.32 Å². The van der Waals surface area contributed by atoms with Gasteiger partial charge >= 0.3 is 6.03 Å². The van der Waals surface area contributed by atoms with Crippen LogP contribution in [0.4, 0.5) is 4.79 Å². The summed E-state index contributed by atoms with van der Waals surface area (Å²) in [5.41, 5.74) is 2.58. The lowest BCUT2D eigenvalue weighted by molar-refractivity contribution is 0.148. The molecule has 1 aliphatic carbocycles. The zero-order valence-corrected chi connectivity index (χ0v) is 11.1. The third-order valence-corrected chi connectivity index (χ3v) is 4.44. The SMILES string of the molecule is O=C1NCC2(Cc3ccccc3C2)N1Cc1ccco1. The van der Waals surface area contributed by atoms with Crippen molar-refractivity contribution >= 4 is 6.03 Å². The van der Waals surface area contributed by atoms with Crippen molar-refractivity contribution in [1.82, 2.24) is 10.2 Å². The molecule has 2 aromatic rings. The Balaban J connectivity index is 1.66. The summed E-state index contributed by atoms with van der Waals surface area (Å²) in [6.45, 7) is 1.24. The maximum Gasteiger partial charge on any atom is 0.318 e.